The van der Waals surface area contributed by atoms with Crippen molar-refractivity contribution in [1.29, 1.82) is 5.26 Å². The Morgan fingerprint density at radius 1 is 1.08 bits per heavy atom. The summed E-state index contributed by atoms with van der Waals surface area (Å²) < 4.78 is 62.3. The standard InChI is InChI=1S/C26H38N3O7P3/c1-5-12-37(30)34-38(31,13-6-2)36-39(32,35-37)14-10-19(3)24-18-28-25-8-7-21(17-27)16-23(25)26(24)29-22-9-11-33-20(4)15-22/h7-8,16,18-20,22H,5-6,9-15H2,1-4H3,(H,28,29)/t19?,20-,22-,37?,38?,39?/m1/s1. The molecule has 2 aromatic rings. The van der Waals surface area contributed by atoms with Crippen LogP contribution in [0.2, 0.25) is 0 Å². The Labute approximate surface area is 230 Å². The summed E-state index contributed by atoms with van der Waals surface area (Å²) in [5, 5.41) is 14.0. The van der Waals surface area contributed by atoms with E-state index in [0.717, 1.165) is 35.0 Å². The van der Waals surface area contributed by atoms with Gasteiger partial charge in [0.1, 0.15) is 0 Å². The number of nitrogens with zero attached hydrogens (tertiary/aromatic N) is 2. The van der Waals surface area contributed by atoms with E-state index in [4.69, 9.17) is 17.7 Å². The van der Waals surface area contributed by atoms with Gasteiger partial charge in [0.15, 0.2) is 0 Å². The predicted octanol–water partition coefficient (Wildman–Crippen LogP) is 8.04. The summed E-state index contributed by atoms with van der Waals surface area (Å²) in [5.74, 6) is -0.163. The topological polar surface area (TPSA) is 137 Å². The number of pyridine rings is 1. The summed E-state index contributed by atoms with van der Waals surface area (Å²) in [7, 11) is -11.6. The zero-order chi connectivity index (χ0) is 28.3. The van der Waals surface area contributed by atoms with Crippen LogP contribution in [0.4, 0.5) is 5.69 Å². The normalized spacial score (nSPS) is 32.0. The van der Waals surface area contributed by atoms with Gasteiger partial charge in [0, 0.05) is 29.9 Å². The zero-order valence-electron chi connectivity index (χ0n) is 23.0. The van der Waals surface area contributed by atoms with E-state index >= 15 is 0 Å². The van der Waals surface area contributed by atoms with Gasteiger partial charge in [-0.2, -0.15) is 5.26 Å². The van der Waals surface area contributed by atoms with Crippen molar-refractivity contribution in [2.24, 2.45) is 0 Å². The first-order valence-corrected chi connectivity index (χ1v) is 18.8. The number of hydrogen-bond acceptors (Lipinski definition) is 10. The molecule has 2 saturated heterocycles. The van der Waals surface area contributed by atoms with Crippen molar-refractivity contribution in [3.63, 3.8) is 0 Å². The molecule has 2 aliphatic heterocycles. The van der Waals surface area contributed by atoms with Crippen LogP contribution in [0, 0.1) is 11.3 Å². The van der Waals surface area contributed by atoms with E-state index in [-0.39, 0.29) is 36.5 Å². The lowest BCUT2D eigenvalue weighted by molar-refractivity contribution is 0.0232. The number of benzene rings is 1. The molecule has 2 fully saturated rings. The number of aromatic nitrogens is 1. The second-order valence-electron chi connectivity index (χ2n) is 10.4. The largest absolute Gasteiger partial charge is 0.381 e. The van der Waals surface area contributed by atoms with Gasteiger partial charge < -0.3 is 10.1 Å². The molecule has 4 rings (SSSR count). The Hall–Kier alpha value is -1.55. The first kappa shape index (κ1) is 30.4. The SMILES string of the molecule is CCCP1(=O)OP(=O)(CCC)OP(=O)(CCC(C)c2cnc3ccc(C#N)cc3c2N[C@@H]2CCO[C@H](C)C2)O1. The number of anilines is 1. The average molecular weight is 598 g/mol. The van der Waals surface area contributed by atoms with Crippen LogP contribution in [0.1, 0.15) is 76.8 Å². The Bertz CT molecular complexity index is 1350. The fraction of sp³-hybridized carbons (Fsp3) is 0.615. The van der Waals surface area contributed by atoms with Crippen LogP contribution in [0.5, 0.6) is 0 Å². The minimum Gasteiger partial charge on any atom is -0.381 e. The molecule has 0 bridgehead atoms. The predicted molar refractivity (Wildman–Crippen MR) is 153 cm³/mol. The summed E-state index contributed by atoms with van der Waals surface area (Å²) in [6.45, 7) is 8.30. The third kappa shape index (κ3) is 7.40. The average Bonchev–Trinajstić information content (AvgIpc) is 2.86. The zero-order valence-corrected chi connectivity index (χ0v) is 25.7. The molecule has 0 radical (unpaired) electrons. The van der Waals surface area contributed by atoms with E-state index in [2.05, 4.69) is 23.3 Å². The lowest BCUT2D eigenvalue weighted by atomic mass is 9.94. The van der Waals surface area contributed by atoms with Gasteiger partial charge in [-0.3, -0.25) is 18.7 Å². The van der Waals surface area contributed by atoms with Gasteiger partial charge in [-0.05, 0) is 68.7 Å². The molecule has 0 aliphatic carbocycles. The maximum absolute atomic E-state index is 13.7. The van der Waals surface area contributed by atoms with E-state index in [0.29, 0.717) is 31.4 Å². The van der Waals surface area contributed by atoms with E-state index in [1.165, 1.54) is 0 Å². The summed E-state index contributed by atoms with van der Waals surface area (Å²) >= 11 is 0. The Balaban J connectivity index is 1.63. The van der Waals surface area contributed by atoms with Gasteiger partial charge in [-0.1, -0.05) is 20.8 Å². The Morgan fingerprint density at radius 3 is 2.31 bits per heavy atom. The maximum atomic E-state index is 13.7. The highest BCUT2D eigenvalue weighted by Crippen LogP contribution is 2.82. The van der Waals surface area contributed by atoms with Gasteiger partial charge in [0.25, 0.3) is 0 Å². The monoisotopic (exact) mass is 597 g/mol. The van der Waals surface area contributed by atoms with Gasteiger partial charge in [-0.25, -0.2) is 12.9 Å². The van der Waals surface area contributed by atoms with Crippen molar-refractivity contribution in [3.8, 4) is 6.07 Å². The molecule has 2 aliphatic rings. The van der Waals surface area contributed by atoms with Crippen LogP contribution in [-0.4, -0.2) is 42.2 Å². The smallest absolute Gasteiger partial charge is 0.345 e. The number of fused-ring (bicyclic) bond motifs is 1. The number of rotatable bonds is 10. The summed E-state index contributed by atoms with van der Waals surface area (Å²) in [6.07, 6.45) is 4.87. The third-order valence-corrected chi connectivity index (χ3v) is 15.7. The first-order valence-electron chi connectivity index (χ1n) is 13.6. The van der Waals surface area contributed by atoms with Crippen molar-refractivity contribution in [1.82, 2.24) is 4.98 Å². The van der Waals surface area contributed by atoms with Crippen molar-refractivity contribution in [2.75, 3.05) is 30.4 Å². The molecule has 0 spiro atoms. The molecule has 3 unspecified atom stereocenters. The first-order chi connectivity index (χ1) is 18.5. The second-order valence-corrected chi connectivity index (χ2v) is 17.4. The highest BCUT2D eigenvalue weighted by atomic mass is 31.3. The van der Waals surface area contributed by atoms with Crippen molar-refractivity contribution in [2.45, 2.75) is 77.9 Å². The molecule has 10 nitrogen and oxygen atoms in total. The lowest BCUT2D eigenvalue weighted by Crippen LogP contribution is -2.33. The van der Waals surface area contributed by atoms with Gasteiger partial charge >= 0.3 is 22.8 Å². The third-order valence-electron chi connectivity index (χ3n) is 6.97. The number of ether oxygens (including phenoxy) is 1. The molecule has 1 aromatic heterocycles. The molecule has 1 N–H and O–H groups in total. The Morgan fingerprint density at radius 2 is 1.72 bits per heavy atom. The minimum absolute atomic E-state index is 0.0248. The number of nitrogens with one attached hydrogen (secondary N) is 1. The van der Waals surface area contributed by atoms with Crippen LogP contribution in [0.3, 0.4) is 0 Å². The fourth-order valence-corrected chi connectivity index (χ4v) is 14.5. The van der Waals surface area contributed by atoms with Crippen LogP contribution < -0.4 is 5.32 Å². The highest BCUT2D eigenvalue weighted by molar-refractivity contribution is 7.80. The van der Waals surface area contributed by atoms with Crippen molar-refractivity contribution >= 4 is 39.4 Å². The Kier molecular flexibility index (Phi) is 9.77. The molecule has 13 heteroatoms. The molecule has 0 amide bonds. The molecular weight excluding hydrogens is 559 g/mol. The fourth-order valence-electron chi connectivity index (χ4n) is 5.06. The van der Waals surface area contributed by atoms with Crippen LogP contribution >= 0.6 is 22.8 Å². The second kappa shape index (κ2) is 12.5. The number of hydrogen-bond donors (Lipinski definition) is 1. The molecule has 5 atom stereocenters. The molecule has 214 valence electrons. The summed E-state index contributed by atoms with van der Waals surface area (Å²) in [6, 6.07) is 7.79. The van der Waals surface area contributed by atoms with Crippen LogP contribution in [0.25, 0.3) is 10.9 Å². The molecule has 3 heterocycles. The maximum Gasteiger partial charge on any atom is 0.345 e. The number of nitriles is 1. The minimum atomic E-state index is -3.96. The molecule has 0 saturated carbocycles. The quantitative estimate of drug-likeness (QED) is 0.268. The van der Waals surface area contributed by atoms with Gasteiger partial charge in [0.05, 0.1) is 41.7 Å². The molecular formula is C26H38N3O7P3. The van der Waals surface area contributed by atoms with Crippen molar-refractivity contribution < 1.29 is 31.4 Å². The molecule has 1 aromatic carbocycles. The van der Waals surface area contributed by atoms with E-state index in [9.17, 15) is 19.0 Å². The summed E-state index contributed by atoms with van der Waals surface area (Å²) in [5.41, 5.74) is 3.07. The van der Waals surface area contributed by atoms with E-state index < -0.39 is 22.8 Å². The van der Waals surface area contributed by atoms with E-state index in [1.807, 2.05) is 19.1 Å². The van der Waals surface area contributed by atoms with Crippen LogP contribution in [0.15, 0.2) is 24.4 Å². The van der Waals surface area contributed by atoms with E-state index in [1.54, 1.807) is 26.1 Å². The summed E-state index contributed by atoms with van der Waals surface area (Å²) in [4.78, 5) is 4.64. The van der Waals surface area contributed by atoms with Gasteiger partial charge in [-0.15, -0.1) is 0 Å². The lowest BCUT2D eigenvalue weighted by Gasteiger charge is -2.34. The van der Waals surface area contributed by atoms with Crippen molar-refractivity contribution in [3.05, 3.63) is 35.5 Å². The van der Waals surface area contributed by atoms with Crippen LogP contribution in [-0.2, 0) is 31.4 Å². The highest BCUT2D eigenvalue weighted by Gasteiger charge is 2.51. The van der Waals surface area contributed by atoms with Gasteiger partial charge in [0.2, 0.25) is 0 Å². The molecule has 39 heavy (non-hydrogen) atoms.